The van der Waals surface area contributed by atoms with Crippen LogP contribution in [0.3, 0.4) is 0 Å². The molecule has 4 N–H and O–H groups in total. The molecule has 0 spiro atoms. The van der Waals surface area contributed by atoms with Crippen molar-refractivity contribution in [3.63, 3.8) is 0 Å². The molecular weight excluding hydrogens is 318 g/mol. The molecule has 126 valence electrons. The number of rotatable bonds is 3. The fourth-order valence-electron chi connectivity index (χ4n) is 4.10. The number of nitrogens with two attached hydrogens (primary N) is 2. The number of nitrogens with zero attached hydrogens (tertiary/aromatic N) is 1. The molecule has 1 atom stereocenters. The Hall–Kier alpha value is -2.00. The van der Waals surface area contributed by atoms with Gasteiger partial charge in [0.1, 0.15) is 5.84 Å². The van der Waals surface area contributed by atoms with Crippen molar-refractivity contribution >= 4 is 17.4 Å². The van der Waals surface area contributed by atoms with E-state index in [4.69, 9.17) is 23.2 Å². The standard InChI is InChI=1S/C20H24ClN3/c1-3-10-20(19(22)24-23)17-8-4-13(2)11-14(17)5-6-15-12-16(21)7-9-18(15)20/h4,7-9,11-12H,3,5-6,10,23H2,1-2H3,(H2,22,24). The van der Waals surface area contributed by atoms with E-state index >= 15 is 0 Å². The van der Waals surface area contributed by atoms with Gasteiger partial charge in [-0.3, -0.25) is 0 Å². The molecule has 0 heterocycles. The number of hydrogen-bond acceptors (Lipinski definition) is 2. The van der Waals surface area contributed by atoms with Gasteiger partial charge in [0.05, 0.1) is 5.41 Å². The van der Waals surface area contributed by atoms with Crippen molar-refractivity contribution in [3.05, 3.63) is 69.2 Å². The topological polar surface area (TPSA) is 64.4 Å². The Morgan fingerprint density at radius 3 is 2.38 bits per heavy atom. The smallest absolute Gasteiger partial charge is 0.134 e. The summed E-state index contributed by atoms with van der Waals surface area (Å²) in [6.07, 6.45) is 3.75. The van der Waals surface area contributed by atoms with Crippen LogP contribution in [0, 0.1) is 6.92 Å². The molecule has 0 amide bonds. The van der Waals surface area contributed by atoms with Crippen molar-refractivity contribution in [2.45, 2.75) is 44.9 Å². The maximum Gasteiger partial charge on any atom is 0.134 e. The van der Waals surface area contributed by atoms with Gasteiger partial charge in [-0.25, -0.2) is 0 Å². The highest BCUT2D eigenvalue weighted by Gasteiger charge is 2.42. The molecule has 2 aromatic rings. The predicted octanol–water partition coefficient (Wildman–Crippen LogP) is 4.06. The summed E-state index contributed by atoms with van der Waals surface area (Å²) in [7, 11) is 0. The minimum absolute atomic E-state index is 0.472. The number of aryl methyl sites for hydroxylation is 3. The second-order valence-electron chi connectivity index (χ2n) is 6.63. The summed E-state index contributed by atoms with van der Waals surface area (Å²) in [6, 6.07) is 12.7. The fourth-order valence-corrected chi connectivity index (χ4v) is 4.30. The van der Waals surface area contributed by atoms with Crippen LogP contribution >= 0.6 is 11.6 Å². The lowest BCUT2D eigenvalue weighted by atomic mass is 9.68. The second-order valence-corrected chi connectivity index (χ2v) is 7.07. The molecule has 1 aliphatic carbocycles. The molecular formula is C20H24ClN3. The average molecular weight is 342 g/mol. The van der Waals surface area contributed by atoms with Gasteiger partial charge in [0.2, 0.25) is 0 Å². The summed E-state index contributed by atoms with van der Waals surface area (Å²) in [5.74, 6) is 6.15. The van der Waals surface area contributed by atoms with E-state index in [2.05, 4.69) is 49.3 Å². The molecule has 0 saturated carbocycles. The summed E-state index contributed by atoms with van der Waals surface area (Å²) in [6.45, 7) is 4.29. The molecule has 24 heavy (non-hydrogen) atoms. The molecule has 0 radical (unpaired) electrons. The summed E-state index contributed by atoms with van der Waals surface area (Å²) >= 11 is 6.26. The largest absolute Gasteiger partial charge is 0.385 e. The highest BCUT2D eigenvalue weighted by Crippen LogP contribution is 2.44. The third kappa shape index (κ3) is 2.57. The lowest BCUT2D eigenvalue weighted by Gasteiger charge is -2.35. The molecule has 4 heteroatoms. The maximum atomic E-state index is 6.44. The SMILES string of the molecule is CCCC1(C(N)=NN)c2ccc(C)cc2CCc2cc(Cl)ccc21. The lowest BCUT2D eigenvalue weighted by Crippen LogP contribution is -2.44. The lowest BCUT2D eigenvalue weighted by molar-refractivity contribution is 0.594. The number of hydrogen-bond donors (Lipinski definition) is 2. The van der Waals surface area contributed by atoms with Crippen LogP contribution in [0.1, 0.15) is 47.6 Å². The van der Waals surface area contributed by atoms with Crippen LogP contribution in [0.5, 0.6) is 0 Å². The van der Waals surface area contributed by atoms with Crippen LogP contribution in [0.2, 0.25) is 5.02 Å². The molecule has 0 aliphatic heterocycles. The van der Waals surface area contributed by atoms with E-state index in [0.717, 1.165) is 30.7 Å². The van der Waals surface area contributed by atoms with E-state index < -0.39 is 5.41 Å². The van der Waals surface area contributed by atoms with E-state index in [1.807, 2.05) is 6.07 Å². The van der Waals surface area contributed by atoms with Crippen molar-refractivity contribution in [2.24, 2.45) is 16.7 Å². The normalized spacial score (nSPS) is 20.2. The number of amidine groups is 1. The van der Waals surface area contributed by atoms with E-state index in [1.165, 1.54) is 27.8 Å². The number of halogens is 1. The van der Waals surface area contributed by atoms with Gasteiger partial charge in [-0.05, 0) is 60.6 Å². The van der Waals surface area contributed by atoms with Crippen molar-refractivity contribution < 1.29 is 0 Å². The maximum absolute atomic E-state index is 6.44. The van der Waals surface area contributed by atoms with Crippen LogP contribution in [-0.4, -0.2) is 5.84 Å². The van der Waals surface area contributed by atoms with Gasteiger partial charge in [-0.15, -0.1) is 0 Å². The van der Waals surface area contributed by atoms with Crippen molar-refractivity contribution in [1.29, 1.82) is 0 Å². The Morgan fingerprint density at radius 1 is 1.12 bits per heavy atom. The van der Waals surface area contributed by atoms with Gasteiger partial charge in [0.25, 0.3) is 0 Å². The summed E-state index contributed by atoms with van der Waals surface area (Å²) in [4.78, 5) is 0. The van der Waals surface area contributed by atoms with Gasteiger partial charge in [0.15, 0.2) is 0 Å². The molecule has 3 nitrogen and oxygen atoms in total. The third-order valence-electron chi connectivity index (χ3n) is 5.11. The van der Waals surface area contributed by atoms with Gasteiger partial charge < -0.3 is 11.6 Å². The molecule has 1 aliphatic rings. The van der Waals surface area contributed by atoms with Gasteiger partial charge in [-0.2, -0.15) is 5.10 Å². The minimum atomic E-state index is -0.483. The van der Waals surface area contributed by atoms with Crippen molar-refractivity contribution in [1.82, 2.24) is 0 Å². The number of benzene rings is 2. The Balaban J connectivity index is 2.39. The Labute approximate surface area is 148 Å². The molecule has 0 fully saturated rings. The Morgan fingerprint density at radius 2 is 1.75 bits per heavy atom. The second kappa shape index (κ2) is 6.48. The van der Waals surface area contributed by atoms with Gasteiger partial charge in [-0.1, -0.05) is 54.8 Å². The summed E-state index contributed by atoms with van der Waals surface area (Å²) in [5.41, 5.74) is 12.2. The predicted molar refractivity (Wildman–Crippen MR) is 102 cm³/mol. The zero-order valence-electron chi connectivity index (χ0n) is 14.3. The van der Waals surface area contributed by atoms with Crippen LogP contribution < -0.4 is 11.6 Å². The highest BCUT2D eigenvalue weighted by atomic mass is 35.5. The minimum Gasteiger partial charge on any atom is -0.385 e. The molecule has 3 rings (SSSR count). The summed E-state index contributed by atoms with van der Waals surface area (Å²) in [5, 5.41) is 4.70. The van der Waals surface area contributed by atoms with E-state index in [-0.39, 0.29) is 0 Å². The third-order valence-corrected chi connectivity index (χ3v) is 5.35. The molecule has 2 aromatic carbocycles. The van der Waals surface area contributed by atoms with Gasteiger partial charge >= 0.3 is 0 Å². The number of fused-ring (bicyclic) bond motifs is 2. The zero-order valence-corrected chi connectivity index (χ0v) is 15.0. The zero-order chi connectivity index (χ0) is 17.3. The highest BCUT2D eigenvalue weighted by molar-refractivity contribution is 6.30. The quantitative estimate of drug-likeness (QED) is 0.382. The average Bonchev–Trinajstić information content (AvgIpc) is 2.70. The van der Waals surface area contributed by atoms with E-state index in [9.17, 15) is 0 Å². The van der Waals surface area contributed by atoms with Crippen LogP contribution in [0.4, 0.5) is 0 Å². The molecule has 0 saturated heterocycles. The molecule has 0 aromatic heterocycles. The first kappa shape index (κ1) is 16.8. The Bertz CT molecular complexity index is 742. The molecule has 1 unspecified atom stereocenters. The van der Waals surface area contributed by atoms with Crippen LogP contribution in [-0.2, 0) is 18.3 Å². The fraction of sp³-hybridized carbons (Fsp3) is 0.350. The van der Waals surface area contributed by atoms with E-state index in [1.54, 1.807) is 0 Å². The van der Waals surface area contributed by atoms with Crippen molar-refractivity contribution in [2.75, 3.05) is 0 Å². The number of hydrazone groups is 1. The Kier molecular flexibility index (Phi) is 4.55. The van der Waals surface area contributed by atoms with Crippen LogP contribution in [0.15, 0.2) is 41.5 Å². The monoisotopic (exact) mass is 341 g/mol. The van der Waals surface area contributed by atoms with Crippen molar-refractivity contribution in [3.8, 4) is 0 Å². The first-order chi connectivity index (χ1) is 11.5. The first-order valence-corrected chi connectivity index (χ1v) is 8.83. The van der Waals surface area contributed by atoms with E-state index in [0.29, 0.717) is 5.84 Å². The van der Waals surface area contributed by atoms with Crippen LogP contribution in [0.25, 0.3) is 0 Å². The summed E-state index contributed by atoms with van der Waals surface area (Å²) < 4.78 is 0. The first-order valence-electron chi connectivity index (χ1n) is 8.45. The molecule has 0 bridgehead atoms. The van der Waals surface area contributed by atoms with Gasteiger partial charge in [0, 0.05) is 5.02 Å².